The highest BCUT2D eigenvalue weighted by Gasteiger charge is 2.14. The number of halogens is 1. The fraction of sp³-hybridized carbons (Fsp3) is 0.538. The van der Waals surface area contributed by atoms with Crippen molar-refractivity contribution in [2.45, 2.75) is 12.8 Å². The summed E-state index contributed by atoms with van der Waals surface area (Å²) in [7, 11) is 1.66. The molecule has 0 aromatic carbocycles. The van der Waals surface area contributed by atoms with E-state index in [1.807, 2.05) is 0 Å². The van der Waals surface area contributed by atoms with Gasteiger partial charge in [-0.05, 0) is 37.9 Å². The smallest absolute Gasteiger partial charge is 0.251 e. The highest BCUT2D eigenvalue weighted by Crippen LogP contribution is 2.10. The van der Waals surface area contributed by atoms with Gasteiger partial charge in [-0.1, -0.05) is 0 Å². The van der Waals surface area contributed by atoms with Crippen LogP contribution in [0.15, 0.2) is 23.1 Å². The lowest BCUT2D eigenvalue weighted by Crippen LogP contribution is -2.28. The first-order valence-corrected chi connectivity index (χ1v) is 6.32. The Morgan fingerprint density at radius 2 is 2.37 bits per heavy atom. The maximum atomic E-state index is 11.8. The lowest BCUT2D eigenvalue weighted by atomic mass is 10.1. The average Bonchev–Trinajstić information content (AvgIpc) is 2.85. The monoisotopic (exact) mass is 285 g/mol. The van der Waals surface area contributed by atoms with Crippen molar-refractivity contribution >= 4 is 18.3 Å². The van der Waals surface area contributed by atoms with Crippen LogP contribution in [0.1, 0.15) is 23.2 Å². The molecule has 1 aromatic rings. The van der Waals surface area contributed by atoms with E-state index in [4.69, 9.17) is 0 Å². The molecule has 0 saturated carbocycles. The van der Waals surface area contributed by atoms with E-state index in [1.165, 1.54) is 17.1 Å². The quantitative estimate of drug-likeness (QED) is 0.849. The summed E-state index contributed by atoms with van der Waals surface area (Å²) >= 11 is 0. The Bertz CT molecular complexity index is 481. The van der Waals surface area contributed by atoms with E-state index < -0.39 is 0 Å². The lowest BCUT2D eigenvalue weighted by Gasteiger charge is -2.09. The van der Waals surface area contributed by atoms with Crippen molar-refractivity contribution in [2.24, 2.45) is 13.0 Å². The van der Waals surface area contributed by atoms with Crippen LogP contribution in [0.25, 0.3) is 0 Å². The molecule has 1 saturated heterocycles. The molecular weight excluding hydrogens is 266 g/mol. The first-order valence-electron chi connectivity index (χ1n) is 6.32. The molecular formula is C13H20ClN3O2. The lowest BCUT2D eigenvalue weighted by molar-refractivity contribution is 0.0951. The highest BCUT2D eigenvalue weighted by atomic mass is 35.5. The molecule has 1 atom stereocenters. The first kappa shape index (κ1) is 15.7. The van der Waals surface area contributed by atoms with E-state index in [-0.39, 0.29) is 23.9 Å². The predicted octanol–water partition coefficient (Wildman–Crippen LogP) is 0.536. The number of nitrogens with zero attached hydrogens (tertiary/aromatic N) is 1. The fourth-order valence-corrected chi connectivity index (χ4v) is 2.14. The highest BCUT2D eigenvalue weighted by molar-refractivity contribution is 5.93. The van der Waals surface area contributed by atoms with Crippen LogP contribution in [0.2, 0.25) is 0 Å². The molecule has 0 bridgehead atoms. The molecule has 2 rings (SSSR count). The van der Waals surface area contributed by atoms with E-state index >= 15 is 0 Å². The van der Waals surface area contributed by atoms with Crippen LogP contribution in [0, 0.1) is 5.92 Å². The molecule has 1 aliphatic rings. The van der Waals surface area contributed by atoms with Gasteiger partial charge in [0.05, 0.1) is 0 Å². The van der Waals surface area contributed by atoms with Crippen molar-refractivity contribution in [1.82, 2.24) is 15.2 Å². The summed E-state index contributed by atoms with van der Waals surface area (Å²) in [6.45, 7) is 2.79. The van der Waals surface area contributed by atoms with Crippen LogP contribution in [0.5, 0.6) is 0 Å². The van der Waals surface area contributed by atoms with E-state index in [0.717, 1.165) is 19.5 Å². The molecule has 1 aliphatic heterocycles. The number of nitrogens with one attached hydrogen (secondary N) is 2. The van der Waals surface area contributed by atoms with Gasteiger partial charge in [0.1, 0.15) is 0 Å². The van der Waals surface area contributed by atoms with Gasteiger partial charge in [0, 0.05) is 31.4 Å². The van der Waals surface area contributed by atoms with Crippen molar-refractivity contribution in [1.29, 1.82) is 0 Å². The number of aromatic nitrogens is 1. The third-order valence-electron chi connectivity index (χ3n) is 3.37. The van der Waals surface area contributed by atoms with Crippen molar-refractivity contribution in [2.75, 3.05) is 19.6 Å². The van der Waals surface area contributed by atoms with Crippen LogP contribution in [0.4, 0.5) is 0 Å². The zero-order chi connectivity index (χ0) is 13.0. The van der Waals surface area contributed by atoms with Crippen molar-refractivity contribution in [3.63, 3.8) is 0 Å². The van der Waals surface area contributed by atoms with Crippen LogP contribution in [-0.2, 0) is 7.05 Å². The molecule has 0 radical (unpaired) electrons. The van der Waals surface area contributed by atoms with Crippen molar-refractivity contribution in [3.05, 3.63) is 34.2 Å². The summed E-state index contributed by atoms with van der Waals surface area (Å²) in [6.07, 6.45) is 3.78. The fourth-order valence-electron chi connectivity index (χ4n) is 2.14. The SMILES string of the molecule is Cl.Cn1ccc(C(=O)NCCC2CCNC2)cc1=O. The minimum Gasteiger partial charge on any atom is -0.352 e. The van der Waals surface area contributed by atoms with Gasteiger partial charge in [0.15, 0.2) is 0 Å². The Hall–Kier alpha value is -1.33. The van der Waals surface area contributed by atoms with Gasteiger partial charge in [0.25, 0.3) is 11.5 Å². The second-order valence-corrected chi connectivity index (χ2v) is 4.77. The topological polar surface area (TPSA) is 63.1 Å². The first-order chi connectivity index (χ1) is 8.66. The second-order valence-electron chi connectivity index (χ2n) is 4.77. The van der Waals surface area contributed by atoms with Crippen LogP contribution < -0.4 is 16.2 Å². The van der Waals surface area contributed by atoms with E-state index in [2.05, 4.69) is 10.6 Å². The van der Waals surface area contributed by atoms with Gasteiger partial charge in [-0.2, -0.15) is 0 Å². The normalized spacial score (nSPS) is 17.8. The van der Waals surface area contributed by atoms with E-state index in [1.54, 1.807) is 19.3 Å². The van der Waals surface area contributed by atoms with Gasteiger partial charge in [-0.15, -0.1) is 12.4 Å². The molecule has 1 aromatic heterocycles. The van der Waals surface area contributed by atoms with Crippen LogP contribution >= 0.6 is 12.4 Å². The summed E-state index contributed by atoms with van der Waals surface area (Å²) in [5, 5.41) is 6.16. The predicted molar refractivity (Wildman–Crippen MR) is 76.9 cm³/mol. The molecule has 0 spiro atoms. The number of aryl methyl sites for hydroxylation is 1. The Balaban J connectivity index is 0.00000180. The Morgan fingerprint density at radius 3 is 3.00 bits per heavy atom. The average molecular weight is 286 g/mol. The zero-order valence-corrected chi connectivity index (χ0v) is 11.8. The van der Waals surface area contributed by atoms with Crippen LogP contribution in [0.3, 0.4) is 0 Å². The van der Waals surface area contributed by atoms with Gasteiger partial charge < -0.3 is 15.2 Å². The molecule has 1 fully saturated rings. The molecule has 2 heterocycles. The number of rotatable bonds is 4. The van der Waals surface area contributed by atoms with Crippen molar-refractivity contribution < 1.29 is 4.79 Å². The number of pyridine rings is 1. The summed E-state index contributed by atoms with van der Waals surface area (Å²) in [5.41, 5.74) is 0.269. The Morgan fingerprint density at radius 1 is 1.58 bits per heavy atom. The summed E-state index contributed by atoms with van der Waals surface area (Å²) in [4.78, 5) is 23.2. The number of amides is 1. The van der Waals surface area contributed by atoms with Gasteiger partial charge in [-0.25, -0.2) is 0 Å². The zero-order valence-electron chi connectivity index (χ0n) is 11.0. The number of hydrogen-bond acceptors (Lipinski definition) is 3. The number of carbonyl (C=O) groups excluding carboxylic acids is 1. The largest absolute Gasteiger partial charge is 0.352 e. The summed E-state index contributed by atoms with van der Waals surface area (Å²) < 4.78 is 1.45. The molecule has 19 heavy (non-hydrogen) atoms. The molecule has 0 aliphatic carbocycles. The minimum absolute atomic E-state index is 0. The maximum absolute atomic E-state index is 11.8. The third kappa shape index (κ3) is 4.36. The summed E-state index contributed by atoms with van der Waals surface area (Å²) in [6, 6.07) is 3.03. The molecule has 106 valence electrons. The van der Waals surface area contributed by atoms with E-state index in [9.17, 15) is 9.59 Å². The van der Waals surface area contributed by atoms with Gasteiger partial charge in [0.2, 0.25) is 0 Å². The van der Waals surface area contributed by atoms with E-state index in [0.29, 0.717) is 18.0 Å². The maximum Gasteiger partial charge on any atom is 0.251 e. The standard InChI is InChI=1S/C13H19N3O2.ClH/c1-16-7-4-11(8-12(16)17)13(18)15-6-3-10-2-5-14-9-10;/h4,7-8,10,14H,2-3,5-6,9H2,1H3,(H,15,18);1H. The second kappa shape index (κ2) is 7.31. The number of hydrogen-bond donors (Lipinski definition) is 2. The summed E-state index contributed by atoms with van der Waals surface area (Å²) in [5.74, 6) is 0.493. The molecule has 1 amide bonds. The molecule has 6 heteroatoms. The minimum atomic E-state index is -0.168. The Labute approximate surface area is 118 Å². The molecule has 2 N–H and O–H groups in total. The van der Waals surface area contributed by atoms with Gasteiger partial charge in [-0.3, -0.25) is 9.59 Å². The van der Waals surface area contributed by atoms with Crippen LogP contribution in [-0.4, -0.2) is 30.1 Å². The third-order valence-corrected chi connectivity index (χ3v) is 3.37. The number of carbonyl (C=O) groups is 1. The van der Waals surface area contributed by atoms with Crippen molar-refractivity contribution in [3.8, 4) is 0 Å². The van der Waals surface area contributed by atoms with Gasteiger partial charge >= 0.3 is 0 Å². The molecule has 1 unspecified atom stereocenters. The molecule has 5 nitrogen and oxygen atoms in total. The Kier molecular flexibility index (Phi) is 6.05.